The van der Waals surface area contributed by atoms with Crippen LogP contribution in [0.2, 0.25) is 0 Å². The number of hydrogen-bond donors (Lipinski definition) is 2. The van der Waals surface area contributed by atoms with Crippen molar-refractivity contribution in [1.82, 2.24) is 5.32 Å². The molecule has 0 radical (unpaired) electrons. The van der Waals surface area contributed by atoms with Gasteiger partial charge in [0.25, 0.3) is 0 Å². The van der Waals surface area contributed by atoms with E-state index in [-0.39, 0.29) is 12.6 Å². The topological polar surface area (TPSA) is 76.7 Å². The van der Waals surface area contributed by atoms with Gasteiger partial charge in [0.15, 0.2) is 0 Å². The molecule has 2 amide bonds. The van der Waals surface area contributed by atoms with Gasteiger partial charge in [0.05, 0.1) is 19.4 Å². The molecule has 25 heavy (non-hydrogen) atoms. The molecule has 0 saturated carbocycles. The number of methoxy groups -OCH3 is 1. The molecule has 0 aliphatic carbocycles. The van der Waals surface area contributed by atoms with Crippen molar-refractivity contribution in [2.45, 2.75) is 12.5 Å². The summed E-state index contributed by atoms with van der Waals surface area (Å²) in [6.45, 7) is 0.847. The first kappa shape index (κ1) is 17.0. The number of ether oxygens (including phenoxy) is 2. The lowest BCUT2D eigenvalue weighted by Gasteiger charge is -2.26. The minimum atomic E-state index is -0.742. The molecule has 130 valence electrons. The zero-order valence-corrected chi connectivity index (χ0v) is 14.0. The second-order valence-electron chi connectivity index (χ2n) is 5.67. The summed E-state index contributed by atoms with van der Waals surface area (Å²) in [6, 6.07) is 14.9. The SMILES string of the molecule is COc1ccccc1NC(=O)C(=O)NCC1OCCc2ccccc21. The molecule has 6 heteroatoms. The van der Waals surface area contributed by atoms with Crippen molar-refractivity contribution in [1.29, 1.82) is 0 Å². The predicted molar refractivity (Wildman–Crippen MR) is 93.5 cm³/mol. The molecule has 0 bridgehead atoms. The molecule has 6 nitrogen and oxygen atoms in total. The first-order valence-corrected chi connectivity index (χ1v) is 8.10. The molecule has 1 aliphatic heterocycles. The van der Waals surface area contributed by atoms with E-state index < -0.39 is 11.8 Å². The summed E-state index contributed by atoms with van der Waals surface area (Å²) in [6.07, 6.45) is 0.613. The molecule has 2 aromatic carbocycles. The fraction of sp³-hybridized carbons (Fsp3) is 0.263. The number of hydrogen-bond acceptors (Lipinski definition) is 4. The quantitative estimate of drug-likeness (QED) is 0.836. The van der Waals surface area contributed by atoms with E-state index in [9.17, 15) is 9.59 Å². The number of fused-ring (bicyclic) bond motifs is 1. The lowest BCUT2D eigenvalue weighted by atomic mass is 9.97. The van der Waals surface area contributed by atoms with Crippen LogP contribution in [-0.2, 0) is 20.7 Å². The highest BCUT2D eigenvalue weighted by molar-refractivity contribution is 6.39. The van der Waals surface area contributed by atoms with Crippen LogP contribution in [-0.4, -0.2) is 32.1 Å². The van der Waals surface area contributed by atoms with E-state index in [2.05, 4.69) is 16.7 Å². The second-order valence-corrected chi connectivity index (χ2v) is 5.67. The Kier molecular flexibility index (Phi) is 5.30. The van der Waals surface area contributed by atoms with Crippen LogP contribution in [0.4, 0.5) is 5.69 Å². The molecule has 1 atom stereocenters. The van der Waals surface area contributed by atoms with Gasteiger partial charge in [0.1, 0.15) is 11.9 Å². The van der Waals surface area contributed by atoms with Crippen LogP contribution in [0.15, 0.2) is 48.5 Å². The summed E-state index contributed by atoms with van der Waals surface area (Å²) in [5.74, 6) is -0.959. The summed E-state index contributed by atoms with van der Waals surface area (Å²) in [4.78, 5) is 24.2. The number of rotatable bonds is 4. The van der Waals surface area contributed by atoms with E-state index in [4.69, 9.17) is 9.47 Å². The molecule has 1 heterocycles. The summed E-state index contributed by atoms with van der Waals surface area (Å²) < 4.78 is 10.9. The molecule has 1 aliphatic rings. The molecule has 0 spiro atoms. The van der Waals surface area contributed by atoms with Crippen molar-refractivity contribution < 1.29 is 19.1 Å². The summed E-state index contributed by atoms with van der Waals surface area (Å²) in [5.41, 5.74) is 2.72. The number of anilines is 1. The normalized spacial score (nSPS) is 15.8. The number of para-hydroxylation sites is 2. The highest BCUT2D eigenvalue weighted by Crippen LogP contribution is 2.26. The lowest BCUT2D eigenvalue weighted by molar-refractivity contribution is -0.136. The molecule has 0 aromatic heterocycles. The van der Waals surface area contributed by atoms with Crippen molar-refractivity contribution in [3.63, 3.8) is 0 Å². The van der Waals surface area contributed by atoms with Crippen molar-refractivity contribution in [3.05, 3.63) is 59.7 Å². The van der Waals surface area contributed by atoms with Crippen LogP contribution >= 0.6 is 0 Å². The minimum Gasteiger partial charge on any atom is -0.495 e. The molecule has 0 saturated heterocycles. The van der Waals surface area contributed by atoms with Gasteiger partial charge in [0, 0.05) is 6.54 Å². The maximum absolute atomic E-state index is 12.1. The van der Waals surface area contributed by atoms with Crippen molar-refractivity contribution in [2.75, 3.05) is 25.6 Å². The number of nitrogens with one attached hydrogen (secondary N) is 2. The van der Waals surface area contributed by atoms with Gasteiger partial charge in [-0.25, -0.2) is 0 Å². The maximum Gasteiger partial charge on any atom is 0.313 e. The Balaban J connectivity index is 1.59. The van der Waals surface area contributed by atoms with E-state index in [1.54, 1.807) is 24.3 Å². The van der Waals surface area contributed by atoms with Crippen LogP contribution in [0.5, 0.6) is 5.75 Å². The maximum atomic E-state index is 12.1. The monoisotopic (exact) mass is 340 g/mol. The first-order chi connectivity index (χ1) is 12.2. The van der Waals surface area contributed by atoms with Gasteiger partial charge in [-0.15, -0.1) is 0 Å². The number of carbonyl (C=O) groups is 2. The Labute approximate surface area is 146 Å². The van der Waals surface area contributed by atoms with E-state index in [0.717, 1.165) is 12.0 Å². The highest BCUT2D eigenvalue weighted by Gasteiger charge is 2.22. The Morgan fingerprint density at radius 3 is 2.72 bits per heavy atom. The van der Waals surface area contributed by atoms with Crippen LogP contribution in [0, 0.1) is 0 Å². The second kappa shape index (κ2) is 7.81. The average molecular weight is 340 g/mol. The molecular formula is C19H20N2O4. The smallest absolute Gasteiger partial charge is 0.313 e. The van der Waals surface area contributed by atoms with E-state index in [0.29, 0.717) is 18.0 Å². The largest absolute Gasteiger partial charge is 0.495 e. The standard InChI is InChI=1S/C19H20N2O4/c1-24-16-9-5-4-8-15(16)21-19(23)18(22)20-12-17-14-7-3-2-6-13(14)10-11-25-17/h2-9,17H,10-12H2,1H3,(H,20,22)(H,21,23). The number of amides is 2. The number of carbonyl (C=O) groups excluding carboxylic acids is 2. The Bertz CT molecular complexity index is 776. The van der Waals surface area contributed by atoms with Gasteiger partial charge < -0.3 is 20.1 Å². The fourth-order valence-electron chi connectivity index (χ4n) is 2.84. The van der Waals surface area contributed by atoms with Gasteiger partial charge in [-0.3, -0.25) is 9.59 Å². The van der Waals surface area contributed by atoms with Crippen LogP contribution in [0.25, 0.3) is 0 Å². The molecule has 2 N–H and O–H groups in total. The van der Waals surface area contributed by atoms with Crippen LogP contribution in [0.3, 0.4) is 0 Å². The van der Waals surface area contributed by atoms with Gasteiger partial charge in [-0.05, 0) is 29.7 Å². The van der Waals surface area contributed by atoms with Gasteiger partial charge in [-0.1, -0.05) is 36.4 Å². The molecule has 1 unspecified atom stereocenters. The third-order valence-corrected chi connectivity index (χ3v) is 4.10. The van der Waals surface area contributed by atoms with E-state index >= 15 is 0 Å². The first-order valence-electron chi connectivity index (χ1n) is 8.10. The summed E-state index contributed by atoms with van der Waals surface area (Å²) in [7, 11) is 1.50. The predicted octanol–water partition coefficient (Wildman–Crippen LogP) is 2.06. The molecule has 3 rings (SSSR count). The fourth-order valence-corrected chi connectivity index (χ4v) is 2.84. The van der Waals surface area contributed by atoms with Crippen LogP contribution < -0.4 is 15.4 Å². The Morgan fingerprint density at radius 2 is 1.88 bits per heavy atom. The Hall–Kier alpha value is -2.86. The Morgan fingerprint density at radius 1 is 1.12 bits per heavy atom. The van der Waals surface area contributed by atoms with Gasteiger partial charge in [-0.2, -0.15) is 0 Å². The molecule has 2 aromatic rings. The molecule has 0 fully saturated rings. The van der Waals surface area contributed by atoms with Crippen molar-refractivity contribution in [3.8, 4) is 5.75 Å². The zero-order valence-electron chi connectivity index (χ0n) is 14.0. The van der Waals surface area contributed by atoms with Gasteiger partial charge in [0.2, 0.25) is 0 Å². The van der Waals surface area contributed by atoms with Crippen molar-refractivity contribution in [2.24, 2.45) is 0 Å². The van der Waals surface area contributed by atoms with Crippen LogP contribution in [0.1, 0.15) is 17.2 Å². The third-order valence-electron chi connectivity index (χ3n) is 4.10. The zero-order chi connectivity index (χ0) is 17.6. The minimum absolute atomic E-state index is 0.243. The summed E-state index contributed by atoms with van der Waals surface area (Å²) in [5, 5.41) is 5.19. The van der Waals surface area contributed by atoms with E-state index in [1.807, 2.05) is 18.2 Å². The van der Waals surface area contributed by atoms with Crippen molar-refractivity contribution >= 4 is 17.5 Å². The third kappa shape index (κ3) is 3.97. The van der Waals surface area contributed by atoms with E-state index in [1.165, 1.54) is 12.7 Å². The average Bonchev–Trinajstić information content (AvgIpc) is 2.66. The highest BCUT2D eigenvalue weighted by atomic mass is 16.5. The molecular weight excluding hydrogens is 320 g/mol. The lowest BCUT2D eigenvalue weighted by Crippen LogP contribution is -2.39. The summed E-state index contributed by atoms with van der Waals surface area (Å²) >= 11 is 0. The number of benzene rings is 2. The van der Waals surface area contributed by atoms with Gasteiger partial charge >= 0.3 is 11.8 Å².